The fraction of sp³-hybridized carbons (Fsp3) is 0.333. The first kappa shape index (κ1) is 15.4. The van der Waals surface area contributed by atoms with E-state index in [0.29, 0.717) is 0 Å². The van der Waals surface area contributed by atoms with Gasteiger partial charge in [0.1, 0.15) is 0 Å². The first-order valence-electron chi connectivity index (χ1n) is 6.52. The maximum Gasteiger partial charge on any atom is 0.418 e. The minimum atomic E-state index is -4.39. The fourth-order valence-corrected chi connectivity index (χ4v) is 2.04. The molecular formula is C15H16F3N3. The second-order valence-electron chi connectivity index (χ2n) is 4.84. The van der Waals surface area contributed by atoms with Crippen molar-refractivity contribution in [1.29, 1.82) is 0 Å². The highest BCUT2D eigenvalue weighted by atomic mass is 19.4. The first-order valence-corrected chi connectivity index (χ1v) is 6.52. The zero-order valence-corrected chi connectivity index (χ0v) is 11.8. The van der Waals surface area contributed by atoms with Crippen molar-refractivity contribution in [2.75, 3.05) is 7.05 Å². The van der Waals surface area contributed by atoms with Gasteiger partial charge in [-0.25, -0.2) is 0 Å². The molecule has 0 bridgehead atoms. The summed E-state index contributed by atoms with van der Waals surface area (Å²) in [6, 6.07) is 7.76. The van der Waals surface area contributed by atoms with E-state index in [9.17, 15) is 13.2 Å². The molecule has 0 fully saturated rings. The van der Waals surface area contributed by atoms with Crippen molar-refractivity contribution in [3.63, 3.8) is 0 Å². The van der Waals surface area contributed by atoms with Gasteiger partial charge in [0.05, 0.1) is 17.0 Å². The van der Waals surface area contributed by atoms with Crippen LogP contribution in [0.2, 0.25) is 0 Å². The standard InChI is InChI=1S/C15H16F3N3/c1-11(13-7-3-4-8-19-13)21(2)10-14-12(15(16,17)18)6-5-9-20-14/h3-9,11H,10H2,1-2H3/t11-/m0/s1. The molecule has 0 aliphatic rings. The van der Waals surface area contributed by atoms with Gasteiger partial charge < -0.3 is 0 Å². The molecule has 21 heavy (non-hydrogen) atoms. The molecule has 0 radical (unpaired) electrons. The average molecular weight is 295 g/mol. The third kappa shape index (κ3) is 3.78. The summed E-state index contributed by atoms with van der Waals surface area (Å²) >= 11 is 0. The van der Waals surface area contributed by atoms with Crippen LogP contribution in [0.4, 0.5) is 13.2 Å². The number of hydrogen-bond acceptors (Lipinski definition) is 3. The van der Waals surface area contributed by atoms with E-state index < -0.39 is 11.7 Å². The Morgan fingerprint density at radius 2 is 1.81 bits per heavy atom. The van der Waals surface area contributed by atoms with E-state index in [-0.39, 0.29) is 18.3 Å². The summed E-state index contributed by atoms with van der Waals surface area (Å²) in [5.41, 5.74) is 0.143. The largest absolute Gasteiger partial charge is 0.418 e. The molecule has 0 aliphatic heterocycles. The molecule has 0 spiro atoms. The van der Waals surface area contributed by atoms with Gasteiger partial charge in [-0.2, -0.15) is 13.2 Å². The molecule has 0 aromatic carbocycles. The average Bonchev–Trinajstić information content (AvgIpc) is 2.47. The van der Waals surface area contributed by atoms with Gasteiger partial charge in [-0.3, -0.25) is 14.9 Å². The summed E-state index contributed by atoms with van der Waals surface area (Å²) in [7, 11) is 1.76. The zero-order chi connectivity index (χ0) is 15.5. The van der Waals surface area contributed by atoms with Gasteiger partial charge in [0.2, 0.25) is 0 Å². The Hall–Kier alpha value is -1.95. The lowest BCUT2D eigenvalue weighted by atomic mass is 10.1. The van der Waals surface area contributed by atoms with Crippen LogP contribution in [0.5, 0.6) is 0 Å². The topological polar surface area (TPSA) is 29.0 Å². The molecule has 3 nitrogen and oxygen atoms in total. The summed E-state index contributed by atoms with van der Waals surface area (Å²) in [6.45, 7) is 2.01. The quantitative estimate of drug-likeness (QED) is 0.861. The Morgan fingerprint density at radius 3 is 2.43 bits per heavy atom. The molecule has 0 unspecified atom stereocenters. The lowest BCUT2D eigenvalue weighted by Gasteiger charge is -2.25. The van der Waals surface area contributed by atoms with Gasteiger partial charge >= 0.3 is 6.18 Å². The van der Waals surface area contributed by atoms with Crippen LogP contribution in [0.3, 0.4) is 0 Å². The van der Waals surface area contributed by atoms with Crippen molar-refractivity contribution in [2.45, 2.75) is 25.7 Å². The number of rotatable bonds is 4. The van der Waals surface area contributed by atoms with Gasteiger partial charge in [0.25, 0.3) is 0 Å². The summed E-state index contributed by atoms with van der Waals surface area (Å²) in [5, 5.41) is 0. The minimum absolute atomic E-state index is 0.0234. The maximum atomic E-state index is 13.0. The van der Waals surface area contributed by atoms with E-state index >= 15 is 0 Å². The number of nitrogens with zero attached hydrogens (tertiary/aromatic N) is 3. The molecule has 2 heterocycles. The van der Waals surface area contributed by atoms with Gasteiger partial charge in [0.15, 0.2) is 0 Å². The number of halogens is 3. The molecular weight excluding hydrogens is 279 g/mol. The number of aromatic nitrogens is 2. The normalized spacial score (nSPS) is 13.4. The van der Waals surface area contributed by atoms with Crippen LogP contribution in [0.25, 0.3) is 0 Å². The van der Waals surface area contributed by atoms with Crippen LogP contribution < -0.4 is 0 Å². The van der Waals surface area contributed by atoms with E-state index in [4.69, 9.17) is 0 Å². The maximum absolute atomic E-state index is 13.0. The Balaban J connectivity index is 2.19. The lowest BCUT2D eigenvalue weighted by molar-refractivity contribution is -0.138. The van der Waals surface area contributed by atoms with Gasteiger partial charge in [-0.15, -0.1) is 0 Å². The number of alkyl halides is 3. The highest BCUT2D eigenvalue weighted by molar-refractivity contribution is 5.23. The third-order valence-electron chi connectivity index (χ3n) is 3.37. The van der Waals surface area contributed by atoms with Crippen LogP contribution in [0.1, 0.15) is 29.9 Å². The molecule has 6 heteroatoms. The molecule has 2 aromatic rings. The second-order valence-corrected chi connectivity index (χ2v) is 4.84. The Kier molecular flexibility index (Phi) is 4.57. The molecule has 0 N–H and O–H groups in total. The highest BCUT2D eigenvalue weighted by Gasteiger charge is 2.34. The fourth-order valence-electron chi connectivity index (χ4n) is 2.04. The van der Waals surface area contributed by atoms with Crippen molar-refractivity contribution in [1.82, 2.24) is 14.9 Å². The van der Waals surface area contributed by atoms with E-state index in [1.807, 2.05) is 19.1 Å². The van der Waals surface area contributed by atoms with E-state index in [1.54, 1.807) is 24.2 Å². The van der Waals surface area contributed by atoms with Crippen LogP contribution >= 0.6 is 0 Å². The van der Waals surface area contributed by atoms with Crippen molar-refractivity contribution >= 4 is 0 Å². The molecule has 0 aliphatic carbocycles. The highest BCUT2D eigenvalue weighted by Crippen LogP contribution is 2.32. The van der Waals surface area contributed by atoms with Crippen LogP contribution in [-0.2, 0) is 12.7 Å². The second kappa shape index (κ2) is 6.22. The minimum Gasteiger partial charge on any atom is -0.292 e. The predicted octanol–water partition coefficient (Wildman–Crippen LogP) is 3.69. The van der Waals surface area contributed by atoms with Crippen LogP contribution in [-0.4, -0.2) is 21.9 Å². The van der Waals surface area contributed by atoms with Crippen molar-refractivity contribution in [2.24, 2.45) is 0 Å². The van der Waals surface area contributed by atoms with Crippen molar-refractivity contribution in [3.8, 4) is 0 Å². The SMILES string of the molecule is C[C@@H](c1ccccn1)N(C)Cc1ncccc1C(F)(F)F. The summed E-state index contributed by atoms with van der Waals surface area (Å²) in [4.78, 5) is 9.90. The molecule has 112 valence electrons. The molecule has 0 saturated carbocycles. The first-order chi connectivity index (χ1) is 9.89. The van der Waals surface area contributed by atoms with E-state index in [2.05, 4.69) is 9.97 Å². The van der Waals surface area contributed by atoms with Crippen molar-refractivity contribution < 1.29 is 13.2 Å². The van der Waals surface area contributed by atoms with Crippen molar-refractivity contribution in [3.05, 3.63) is 59.7 Å². The van der Waals surface area contributed by atoms with Gasteiger partial charge in [-0.1, -0.05) is 6.07 Å². The van der Waals surface area contributed by atoms with Gasteiger partial charge in [0, 0.05) is 25.0 Å². The van der Waals surface area contributed by atoms with Crippen LogP contribution in [0.15, 0.2) is 42.7 Å². The lowest BCUT2D eigenvalue weighted by Crippen LogP contribution is -2.25. The summed E-state index contributed by atoms with van der Waals surface area (Å²) in [5.74, 6) is 0. The molecule has 2 aromatic heterocycles. The zero-order valence-electron chi connectivity index (χ0n) is 11.8. The third-order valence-corrected chi connectivity index (χ3v) is 3.37. The number of hydrogen-bond donors (Lipinski definition) is 0. The van der Waals surface area contributed by atoms with Gasteiger partial charge in [-0.05, 0) is 38.2 Å². The molecule has 2 rings (SSSR count). The Labute approximate surface area is 121 Å². The Morgan fingerprint density at radius 1 is 1.10 bits per heavy atom. The molecule has 0 saturated heterocycles. The van der Waals surface area contributed by atoms with Crippen LogP contribution in [0, 0.1) is 0 Å². The van der Waals surface area contributed by atoms with E-state index in [1.165, 1.54) is 12.3 Å². The predicted molar refractivity (Wildman–Crippen MR) is 73.4 cm³/mol. The summed E-state index contributed by atoms with van der Waals surface area (Å²) in [6.07, 6.45) is -1.34. The molecule has 1 atom stereocenters. The Bertz CT molecular complexity index is 584. The van der Waals surface area contributed by atoms with E-state index in [0.717, 1.165) is 11.8 Å². The summed E-state index contributed by atoms with van der Waals surface area (Å²) < 4.78 is 38.9. The number of pyridine rings is 2. The monoisotopic (exact) mass is 295 g/mol. The smallest absolute Gasteiger partial charge is 0.292 e. The molecule has 0 amide bonds.